The SMILES string of the molecule is CCCc1nnc(NC(=O)NCCCCCOC)s1. The van der Waals surface area contributed by atoms with Gasteiger partial charge in [-0.2, -0.15) is 0 Å². The van der Waals surface area contributed by atoms with Crippen molar-refractivity contribution in [2.75, 3.05) is 25.6 Å². The van der Waals surface area contributed by atoms with Crippen LogP contribution in [0.2, 0.25) is 0 Å². The van der Waals surface area contributed by atoms with E-state index in [0.717, 1.165) is 43.7 Å². The molecule has 0 spiro atoms. The summed E-state index contributed by atoms with van der Waals surface area (Å²) in [7, 11) is 1.69. The number of carbonyl (C=O) groups is 1. The number of ether oxygens (including phenoxy) is 1. The zero-order chi connectivity index (χ0) is 13.9. The smallest absolute Gasteiger partial charge is 0.321 e. The van der Waals surface area contributed by atoms with E-state index in [-0.39, 0.29) is 6.03 Å². The predicted molar refractivity (Wildman–Crippen MR) is 76.7 cm³/mol. The number of urea groups is 1. The Bertz CT molecular complexity index is 370. The van der Waals surface area contributed by atoms with Crippen LogP contribution in [-0.2, 0) is 11.2 Å². The highest BCUT2D eigenvalue weighted by Gasteiger charge is 2.06. The first kappa shape index (κ1) is 15.8. The van der Waals surface area contributed by atoms with Crippen LogP contribution in [-0.4, -0.2) is 36.5 Å². The van der Waals surface area contributed by atoms with Gasteiger partial charge in [-0.05, 0) is 25.7 Å². The van der Waals surface area contributed by atoms with E-state index in [1.165, 1.54) is 11.3 Å². The zero-order valence-corrected chi connectivity index (χ0v) is 12.4. The van der Waals surface area contributed by atoms with Crippen LogP contribution in [0.15, 0.2) is 0 Å². The summed E-state index contributed by atoms with van der Waals surface area (Å²) in [5, 5.41) is 14.9. The Morgan fingerprint density at radius 1 is 1.32 bits per heavy atom. The van der Waals surface area contributed by atoms with Crippen LogP contribution in [0.1, 0.15) is 37.6 Å². The summed E-state index contributed by atoms with van der Waals surface area (Å²) >= 11 is 1.43. The lowest BCUT2D eigenvalue weighted by atomic mass is 10.2. The van der Waals surface area contributed by atoms with E-state index in [1.54, 1.807) is 7.11 Å². The van der Waals surface area contributed by atoms with Crippen molar-refractivity contribution in [1.29, 1.82) is 0 Å². The molecule has 0 aliphatic carbocycles. The van der Waals surface area contributed by atoms with Crippen LogP contribution >= 0.6 is 11.3 Å². The topological polar surface area (TPSA) is 76.1 Å². The molecule has 2 N–H and O–H groups in total. The number of amides is 2. The molecule has 108 valence electrons. The Hall–Kier alpha value is -1.21. The van der Waals surface area contributed by atoms with Gasteiger partial charge < -0.3 is 10.1 Å². The summed E-state index contributed by atoms with van der Waals surface area (Å²) in [6.45, 7) is 3.53. The maximum absolute atomic E-state index is 11.6. The number of hydrogen-bond acceptors (Lipinski definition) is 5. The minimum atomic E-state index is -0.217. The summed E-state index contributed by atoms with van der Waals surface area (Å²) in [4.78, 5) is 11.6. The normalized spacial score (nSPS) is 10.4. The Morgan fingerprint density at radius 3 is 2.89 bits per heavy atom. The van der Waals surface area contributed by atoms with Crippen molar-refractivity contribution in [2.45, 2.75) is 39.0 Å². The maximum atomic E-state index is 11.6. The molecule has 19 heavy (non-hydrogen) atoms. The molecule has 6 nitrogen and oxygen atoms in total. The van der Waals surface area contributed by atoms with Gasteiger partial charge in [-0.15, -0.1) is 10.2 Å². The lowest BCUT2D eigenvalue weighted by Gasteiger charge is -2.04. The number of nitrogens with zero attached hydrogens (tertiary/aromatic N) is 2. The molecule has 0 radical (unpaired) electrons. The number of unbranched alkanes of at least 4 members (excludes halogenated alkanes) is 2. The van der Waals surface area contributed by atoms with Crippen molar-refractivity contribution in [3.05, 3.63) is 5.01 Å². The standard InChI is InChI=1S/C12H22N4O2S/c1-3-7-10-15-16-12(19-10)14-11(17)13-8-5-4-6-9-18-2/h3-9H2,1-2H3,(H2,13,14,16,17). The van der Waals surface area contributed by atoms with E-state index in [0.29, 0.717) is 11.7 Å². The van der Waals surface area contributed by atoms with Gasteiger partial charge in [0.15, 0.2) is 0 Å². The largest absolute Gasteiger partial charge is 0.385 e. The molecule has 0 fully saturated rings. The van der Waals surface area contributed by atoms with Crippen LogP contribution in [0.5, 0.6) is 0 Å². The Morgan fingerprint density at radius 2 is 2.16 bits per heavy atom. The van der Waals surface area contributed by atoms with E-state index in [9.17, 15) is 4.79 Å². The molecule has 1 aromatic rings. The molecular formula is C12H22N4O2S. The van der Waals surface area contributed by atoms with Crippen LogP contribution in [0.4, 0.5) is 9.93 Å². The van der Waals surface area contributed by atoms with E-state index >= 15 is 0 Å². The van der Waals surface area contributed by atoms with Crippen LogP contribution < -0.4 is 10.6 Å². The molecule has 2 amide bonds. The van der Waals surface area contributed by atoms with Gasteiger partial charge in [0.05, 0.1) is 0 Å². The number of hydrogen-bond donors (Lipinski definition) is 2. The van der Waals surface area contributed by atoms with Gasteiger partial charge in [-0.25, -0.2) is 4.79 Å². The third-order valence-corrected chi connectivity index (χ3v) is 3.36. The van der Waals surface area contributed by atoms with Gasteiger partial charge in [0.1, 0.15) is 5.01 Å². The Labute approximate surface area is 118 Å². The lowest BCUT2D eigenvalue weighted by molar-refractivity contribution is 0.192. The number of anilines is 1. The Kier molecular flexibility index (Phi) is 8.08. The van der Waals surface area contributed by atoms with Crippen LogP contribution in [0.25, 0.3) is 0 Å². The van der Waals surface area contributed by atoms with Crippen molar-refractivity contribution < 1.29 is 9.53 Å². The zero-order valence-electron chi connectivity index (χ0n) is 11.6. The van der Waals surface area contributed by atoms with Gasteiger partial charge >= 0.3 is 6.03 Å². The summed E-state index contributed by atoms with van der Waals surface area (Å²) < 4.78 is 4.96. The highest BCUT2D eigenvalue weighted by molar-refractivity contribution is 7.15. The monoisotopic (exact) mass is 286 g/mol. The molecule has 0 aliphatic heterocycles. The van der Waals surface area contributed by atoms with Gasteiger partial charge in [0.2, 0.25) is 5.13 Å². The molecule has 0 saturated carbocycles. The second kappa shape index (κ2) is 9.69. The minimum Gasteiger partial charge on any atom is -0.385 e. The quantitative estimate of drug-likeness (QED) is 0.684. The summed E-state index contributed by atoms with van der Waals surface area (Å²) in [6, 6.07) is -0.217. The molecule has 1 heterocycles. The number of carbonyl (C=O) groups excluding carboxylic acids is 1. The van der Waals surface area contributed by atoms with Gasteiger partial charge in [-0.1, -0.05) is 18.3 Å². The van der Waals surface area contributed by atoms with E-state index in [2.05, 4.69) is 27.8 Å². The fourth-order valence-corrected chi connectivity index (χ4v) is 2.35. The molecule has 1 rings (SSSR count). The van der Waals surface area contributed by atoms with E-state index in [1.807, 2.05) is 0 Å². The first-order chi connectivity index (χ1) is 9.26. The summed E-state index contributed by atoms with van der Waals surface area (Å²) in [6.07, 6.45) is 4.96. The second-order valence-electron chi connectivity index (χ2n) is 4.19. The fourth-order valence-electron chi connectivity index (χ4n) is 1.51. The highest BCUT2D eigenvalue weighted by atomic mass is 32.1. The third-order valence-electron chi connectivity index (χ3n) is 2.46. The number of aryl methyl sites for hydroxylation is 1. The highest BCUT2D eigenvalue weighted by Crippen LogP contribution is 2.16. The van der Waals surface area contributed by atoms with Gasteiger partial charge in [0, 0.05) is 26.7 Å². The van der Waals surface area contributed by atoms with Crippen molar-refractivity contribution in [3.8, 4) is 0 Å². The molecule has 0 aromatic carbocycles. The van der Waals surface area contributed by atoms with E-state index < -0.39 is 0 Å². The lowest BCUT2D eigenvalue weighted by Crippen LogP contribution is -2.29. The summed E-state index contributed by atoms with van der Waals surface area (Å²) in [5.74, 6) is 0. The molecule has 0 unspecified atom stereocenters. The van der Waals surface area contributed by atoms with Gasteiger partial charge in [0.25, 0.3) is 0 Å². The first-order valence-electron chi connectivity index (χ1n) is 6.62. The second-order valence-corrected chi connectivity index (χ2v) is 5.25. The number of rotatable bonds is 9. The van der Waals surface area contributed by atoms with Crippen LogP contribution in [0.3, 0.4) is 0 Å². The number of aromatic nitrogens is 2. The molecule has 0 atom stereocenters. The van der Waals surface area contributed by atoms with Crippen molar-refractivity contribution in [1.82, 2.24) is 15.5 Å². The Balaban J connectivity index is 2.12. The van der Waals surface area contributed by atoms with Gasteiger partial charge in [-0.3, -0.25) is 5.32 Å². The maximum Gasteiger partial charge on any atom is 0.321 e. The van der Waals surface area contributed by atoms with Crippen LogP contribution in [0, 0.1) is 0 Å². The average molecular weight is 286 g/mol. The van der Waals surface area contributed by atoms with Crippen molar-refractivity contribution >= 4 is 22.5 Å². The molecule has 1 aromatic heterocycles. The van der Waals surface area contributed by atoms with E-state index in [4.69, 9.17) is 4.74 Å². The average Bonchev–Trinajstić information content (AvgIpc) is 2.81. The molecule has 0 bridgehead atoms. The summed E-state index contributed by atoms with van der Waals surface area (Å²) in [5.41, 5.74) is 0. The molecular weight excluding hydrogens is 264 g/mol. The molecule has 0 saturated heterocycles. The minimum absolute atomic E-state index is 0.217. The first-order valence-corrected chi connectivity index (χ1v) is 7.44. The number of nitrogens with one attached hydrogen (secondary N) is 2. The van der Waals surface area contributed by atoms with Crippen molar-refractivity contribution in [3.63, 3.8) is 0 Å². The molecule has 7 heteroatoms. The fraction of sp³-hybridized carbons (Fsp3) is 0.750. The predicted octanol–water partition coefficient (Wildman–Crippen LogP) is 2.43. The molecule has 0 aliphatic rings. The third kappa shape index (κ3) is 7.07. The van der Waals surface area contributed by atoms with Crippen molar-refractivity contribution in [2.24, 2.45) is 0 Å². The number of methoxy groups -OCH3 is 1.